The van der Waals surface area contributed by atoms with Gasteiger partial charge >= 0.3 is 0 Å². The third-order valence-corrected chi connectivity index (χ3v) is 5.92. The van der Waals surface area contributed by atoms with Gasteiger partial charge in [-0.3, -0.25) is 0 Å². The Morgan fingerprint density at radius 2 is 2.08 bits per heavy atom. The van der Waals surface area contributed by atoms with Crippen LogP contribution >= 0.6 is 23.1 Å². The maximum absolute atomic E-state index is 9.47. The smallest absolute Gasteiger partial charge is 0.195 e. The number of fused-ring (bicyclic) bond motifs is 1. The van der Waals surface area contributed by atoms with E-state index in [1.54, 1.807) is 36.0 Å². The summed E-state index contributed by atoms with van der Waals surface area (Å²) in [4.78, 5) is 14.1. The van der Waals surface area contributed by atoms with Crippen LogP contribution in [0.3, 0.4) is 0 Å². The fourth-order valence-corrected chi connectivity index (χ4v) is 4.63. The number of nitrogens with zero attached hydrogens (tertiary/aromatic N) is 4. The van der Waals surface area contributed by atoms with E-state index in [0.29, 0.717) is 16.0 Å². The quantitative estimate of drug-likeness (QED) is 0.490. The Bertz CT molecular complexity index is 953. The van der Waals surface area contributed by atoms with Crippen molar-refractivity contribution in [2.75, 3.05) is 0 Å². The molecule has 0 aromatic carbocycles. The first kappa shape index (κ1) is 16.1. The average Bonchev–Trinajstić information content (AvgIpc) is 3.24. The summed E-state index contributed by atoms with van der Waals surface area (Å²) in [7, 11) is 0. The summed E-state index contributed by atoms with van der Waals surface area (Å²) in [5.74, 6) is 0.647. The molecule has 0 saturated carbocycles. The highest BCUT2D eigenvalue weighted by molar-refractivity contribution is 7.99. The first-order chi connectivity index (χ1) is 12.3. The molecule has 0 radical (unpaired) electrons. The largest absolute Gasteiger partial charge is 0.448 e. The van der Waals surface area contributed by atoms with Crippen LogP contribution in [0.5, 0.6) is 0 Å². The molecule has 0 fully saturated rings. The Labute approximate surface area is 153 Å². The lowest BCUT2D eigenvalue weighted by atomic mass is 9.96. The van der Waals surface area contributed by atoms with Crippen LogP contribution in [0.1, 0.15) is 34.6 Å². The second-order valence-corrected chi connectivity index (χ2v) is 7.61. The Balaban J connectivity index is 1.53. The minimum atomic E-state index is 0.637. The molecule has 25 heavy (non-hydrogen) atoms. The Kier molecular flexibility index (Phi) is 4.63. The molecule has 3 heterocycles. The van der Waals surface area contributed by atoms with Gasteiger partial charge in [-0.25, -0.2) is 15.0 Å². The molecular formula is C18H14N4OS2. The topological polar surface area (TPSA) is 75.1 Å². The monoisotopic (exact) mass is 366 g/mol. The van der Waals surface area contributed by atoms with E-state index in [1.807, 2.05) is 12.1 Å². The lowest BCUT2D eigenvalue weighted by molar-refractivity contribution is 0.468. The molecule has 4 rings (SSSR count). The van der Waals surface area contributed by atoms with Gasteiger partial charge in [0.1, 0.15) is 16.8 Å². The maximum Gasteiger partial charge on any atom is 0.195 e. The molecule has 1 aliphatic rings. The highest BCUT2D eigenvalue weighted by Crippen LogP contribution is 2.39. The number of aromatic nitrogens is 2. The van der Waals surface area contributed by atoms with Gasteiger partial charge in [-0.15, -0.1) is 11.3 Å². The lowest BCUT2D eigenvalue weighted by Gasteiger charge is -2.09. The van der Waals surface area contributed by atoms with Crippen LogP contribution in [0.2, 0.25) is 0 Å². The van der Waals surface area contributed by atoms with E-state index >= 15 is 0 Å². The molecular weight excluding hydrogens is 352 g/mol. The molecule has 0 unspecified atom stereocenters. The third-order valence-electron chi connectivity index (χ3n) is 3.91. The van der Waals surface area contributed by atoms with E-state index < -0.39 is 0 Å². The van der Waals surface area contributed by atoms with E-state index in [9.17, 15) is 5.26 Å². The van der Waals surface area contributed by atoms with Crippen LogP contribution < -0.4 is 0 Å². The Morgan fingerprint density at radius 3 is 2.92 bits per heavy atom. The predicted molar refractivity (Wildman–Crippen MR) is 97.8 cm³/mol. The Morgan fingerprint density at radius 1 is 1.24 bits per heavy atom. The van der Waals surface area contributed by atoms with Crippen LogP contribution in [0, 0.1) is 11.3 Å². The number of furan rings is 1. The first-order valence-corrected chi connectivity index (χ1v) is 9.60. The van der Waals surface area contributed by atoms with Crippen molar-refractivity contribution in [2.45, 2.75) is 35.9 Å². The molecule has 5 nitrogen and oxygen atoms in total. The fourth-order valence-electron chi connectivity index (χ4n) is 2.77. The number of hydrogen-bond acceptors (Lipinski definition) is 7. The van der Waals surface area contributed by atoms with Gasteiger partial charge in [0.15, 0.2) is 10.2 Å². The fraction of sp³-hybridized carbons (Fsp3) is 0.222. The summed E-state index contributed by atoms with van der Waals surface area (Å²) in [6.07, 6.45) is 9.47. The van der Waals surface area contributed by atoms with E-state index in [-0.39, 0.29) is 0 Å². The van der Waals surface area contributed by atoms with E-state index in [2.05, 4.69) is 21.0 Å². The normalized spacial score (nSPS) is 13.7. The van der Waals surface area contributed by atoms with Crippen LogP contribution in [-0.4, -0.2) is 16.2 Å². The third kappa shape index (κ3) is 3.50. The molecule has 0 atom stereocenters. The lowest BCUT2D eigenvalue weighted by Crippen LogP contribution is -1.99. The molecule has 0 aliphatic heterocycles. The van der Waals surface area contributed by atoms with Gasteiger partial charge in [0, 0.05) is 17.3 Å². The van der Waals surface area contributed by atoms with Gasteiger partial charge < -0.3 is 4.42 Å². The summed E-state index contributed by atoms with van der Waals surface area (Å²) in [5, 5.41) is 11.6. The summed E-state index contributed by atoms with van der Waals surface area (Å²) in [5.41, 5.74) is 1.93. The van der Waals surface area contributed by atoms with Crippen molar-refractivity contribution in [1.82, 2.24) is 9.97 Å². The zero-order valence-electron chi connectivity index (χ0n) is 13.3. The minimum Gasteiger partial charge on any atom is -0.448 e. The predicted octanol–water partition coefficient (Wildman–Crippen LogP) is 4.78. The zero-order chi connectivity index (χ0) is 17.1. The molecule has 0 N–H and O–H groups in total. The van der Waals surface area contributed by atoms with Crippen molar-refractivity contribution < 1.29 is 4.42 Å². The SMILES string of the molecule is N#Cc1c(N=Cc2ccc(Sc3ncccn3)o2)sc2c1CCCC2. The van der Waals surface area contributed by atoms with Gasteiger partial charge in [-0.05, 0) is 61.2 Å². The minimum absolute atomic E-state index is 0.637. The molecule has 1 aliphatic carbocycles. The molecule has 0 saturated heterocycles. The number of thiophene rings is 1. The van der Waals surface area contributed by atoms with Crippen molar-refractivity contribution in [3.8, 4) is 6.07 Å². The van der Waals surface area contributed by atoms with E-state index in [4.69, 9.17) is 4.42 Å². The number of nitriles is 1. The van der Waals surface area contributed by atoms with Crippen LogP contribution in [0.15, 0.2) is 50.3 Å². The van der Waals surface area contributed by atoms with Crippen molar-refractivity contribution in [3.05, 3.63) is 52.4 Å². The highest BCUT2D eigenvalue weighted by Gasteiger charge is 2.20. The van der Waals surface area contributed by atoms with Crippen LogP contribution in [0.25, 0.3) is 0 Å². The summed E-state index contributed by atoms with van der Waals surface area (Å²) < 4.78 is 5.74. The maximum atomic E-state index is 9.47. The first-order valence-electron chi connectivity index (χ1n) is 7.97. The van der Waals surface area contributed by atoms with Gasteiger partial charge in [-0.1, -0.05) is 0 Å². The molecule has 124 valence electrons. The molecule has 0 bridgehead atoms. The average molecular weight is 366 g/mol. The van der Waals surface area contributed by atoms with Gasteiger partial charge in [0.2, 0.25) is 0 Å². The van der Waals surface area contributed by atoms with Crippen molar-refractivity contribution in [2.24, 2.45) is 4.99 Å². The number of aryl methyl sites for hydroxylation is 1. The summed E-state index contributed by atoms with van der Waals surface area (Å²) in [6.45, 7) is 0. The van der Waals surface area contributed by atoms with Gasteiger partial charge in [0.25, 0.3) is 0 Å². The molecule has 0 spiro atoms. The molecule has 3 aromatic rings. The van der Waals surface area contributed by atoms with E-state index in [1.165, 1.54) is 28.6 Å². The number of hydrogen-bond donors (Lipinski definition) is 0. The summed E-state index contributed by atoms with van der Waals surface area (Å²) in [6, 6.07) is 7.82. The molecule has 0 amide bonds. The molecule has 3 aromatic heterocycles. The van der Waals surface area contributed by atoms with Gasteiger partial charge in [0.05, 0.1) is 11.8 Å². The summed E-state index contributed by atoms with van der Waals surface area (Å²) >= 11 is 2.99. The van der Waals surface area contributed by atoms with Crippen molar-refractivity contribution in [1.29, 1.82) is 5.26 Å². The second kappa shape index (κ2) is 7.21. The van der Waals surface area contributed by atoms with Crippen LogP contribution in [-0.2, 0) is 12.8 Å². The van der Waals surface area contributed by atoms with Crippen LogP contribution in [0.4, 0.5) is 5.00 Å². The second-order valence-electron chi connectivity index (χ2n) is 5.55. The van der Waals surface area contributed by atoms with Crippen molar-refractivity contribution >= 4 is 34.3 Å². The zero-order valence-corrected chi connectivity index (χ0v) is 14.9. The number of rotatable bonds is 4. The standard InChI is InChI=1S/C18H14N4OS2/c19-10-14-13-4-1-2-5-15(13)24-17(14)22-11-12-6-7-16(23-12)25-18-20-8-3-9-21-18/h3,6-9,11H,1-2,4-5H2. The highest BCUT2D eigenvalue weighted by atomic mass is 32.2. The van der Waals surface area contributed by atoms with Gasteiger partial charge in [-0.2, -0.15) is 5.26 Å². The van der Waals surface area contributed by atoms with Crippen molar-refractivity contribution in [3.63, 3.8) is 0 Å². The van der Waals surface area contributed by atoms with E-state index in [0.717, 1.165) is 29.8 Å². The Hall–Kier alpha value is -2.43. The number of aliphatic imine (C=N–C) groups is 1. The molecule has 7 heteroatoms.